The number of ether oxygens (including phenoxy) is 3. The quantitative estimate of drug-likeness (QED) is 0.182. The summed E-state index contributed by atoms with van der Waals surface area (Å²) in [7, 11) is 5.09. The second-order valence-corrected chi connectivity index (χ2v) is 7.68. The van der Waals surface area contributed by atoms with Crippen LogP contribution in [0.15, 0.2) is 29.3 Å². The molecule has 0 aliphatic carbocycles. The van der Waals surface area contributed by atoms with Crippen molar-refractivity contribution >= 4 is 35.8 Å². The molecule has 1 amide bonds. The molecule has 0 saturated carbocycles. The van der Waals surface area contributed by atoms with Crippen molar-refractivity contribution < 1.29 is 19.0 Å². The summed E-state index contributed by atoms with van der Waals surface area (Å²) in [5.74, 6) is 2.06. The Morgan fingerprint density at radius 3 is 2.66 bits per heavy atom. The lowest BCUT2D eigenvalue weighted by Crippen LogP contribution is -2.44. The van der Waals surface area contributed by atoms with Crippen LogP contribution in [0.3, 0.4) is 0 Å². The maximum Gasteiger partial charge on any atom is 0.243 e. The third kappa shape index (κ3) is 11.2. The van der Waals surface area contributed by atoms with E-state index < -0.39 is 0 Å². The summed E-state index contributed by atoms with van der Waals surface area (Å²) in [6.45, 7) is 7.97. The Morgan fingerprint density at radius 1 is 1.25 bits per heavy atom. The van der Waals surface area contributed by atoms with Crippen molar-refractivity contribution in [2.75, 3.05) is 73.7 Å². The van der Waals surface area contributed by atoms with E-state index in [0.717, 1.165) is 57.3 Å². The first-order valence-corrected chi connectivity index (χ1v) is 10.8. The minimum atomic E-state index is -0.1000. The van der Waals surface area contributed by atoms with Gasteiger partial charge in [0.1, 0.15) is 24.1 Å². The fraction of sp³-hybridized carbons (Fsp3) is 0.636. The molecule has 0 spiro atoms. The van der Waals surface area contributed by atoms with E-state index in [0.29, 0.717) is 12.5 Å². The van der Waals surface area contributed by atoms with E-state index in [4.69, 9.17) is 14.2 Å². The number of morpholine rings is 1. The Bertz CT molecular complexity index is 699. The molecule has 0 bridgehead atoms. The molecule has 1 aliphatic heterocycles. The molecule has 1 atom stereocenters. The van der Waals surface area contributed by atoms with Crippen LogP contribution < -0.4 is 20.1 Å². The van der Waals surface area contributed by atoms with E-state index in [9.17, 15) is 4.79 Å². The lowest BCUT2D eigenvalue weighted by molar-refractivity contribution is -0.127. The largest absolute Gasteiger partial charge is 0.497 e. The maximum atomic E-state index is 11.9. The number of nitrogens with one attached hydrogen (secondary N) is 2. The number of guanidine groups is 1. The fourth-order valence-corrected chi connectivity index (χ4v) is 2.99. The number of rotatable bonds is 11. The average Bonchev–Trinajstić information content (AvgIpc) is 2.78. The maximum absolute atomic E-state index is 11.9. The van der Waals surface area contributed by atoms with E-state index in [1.165, 1.54) is 4.90 Å². The lowest BCUT2D eigenvalue weighted by atomic mass is 10.3. The molecule has 10 heteroatoms. The molecule has 32 heavy (non-hydrogen) atoms. The van der Waals surface area contributed by atoms with E-state index in [-0.39, 0.29) is 42.5 Å². The highest BCUT2D eigenvalue weighted by Crippen LogP contribution is 2.19. The Morgan fingerprint density at radius 2 is 1.97 bits per heavy atom. The van der Waals surface area contributed by atoms with Gasteiger partial charge in [0.25, 0.3) is 0 Å². The summed E-state index contributed by atoms with van der Waals surface area (Å²) in [4.78, 5) is 20.3. The van der Waals surface area contributed by atoms with Crippen molar-refractivity contribution in [2.45, 2.75) is 19.4 Å². The highest BCUT2D eigenvalue weighted by atomic mass is 127. The minimum Gasteiger partial charge on any atom is -0.497 e. The van der Waals surface area contributed by atoms with E-state index in [1.807, 2.05) is 31.2 Å². The molecular weight excluding hydrogens is 525 g/mol. The van der Waals surface area contributed by atoms with Crippen LogP contribution in [0.4, 0.5) is 0 Å². The molecule has 1 fully saturated rings. The van der Waals surface area contributed by atoms with Crippen LogP contribution in [-0.2, 0) is 9.53 Å². The first kappa shape index (κ1) is 28.2. The van der Waals surface area contributed by atoms with Crippen molar-refractivity contribution in [3.05, 3.63) is 24.3 Å². The minimum absolute atomic E-state index is 0. The third-order valence-electron chi connectivity index (χ3n) is 4.85. The van der Waals surface area contributed by atoms with Gasteiger partial charge >= 0.3 is 0 Å². The standard InChI is InChI=1S/C22H37N5O4.HI/c1-18(31-20-8-5-7-19(15-20)29-4)16-24-22(25-17-21(28)26(2)3)23-9-6-10-27-11-13-30-14-12-27;/h5,7-8,15,18H,6,9-14,16-17H2,1-4H3,(H2,23,24,25);1H. The summed E-state index contributed by atoms with van der Waals surface area (Å²) >= 11 is 0. The Labute approximate surface area is 208 Å². The van der Waals surface area contributed by atoms with Crippen molar-refractivity contribution in [2.24, 2.45) is 4.99 Å². The van der Waals surface area contributed by atoms with Gasteiger partial charge in [0.2, 0.25) is 5.91 Å². The number of benzene rings is 1. The summed E-state index contributed by atoms with van der Waals surface area (Å²) in [5, 5.41) is 6.61. The number of methoxy groups -OCH3 is 1. The molecule has 1 heterocycles. The molecule has 1 aromatic carbocycles. The third-order valence-corrected chi connectivity index (χ3v) is 4.85. The van der Waals surface area contributed by atoms with Crippen LogP contribution in [-0.4, -0.2) is 101 Å². The van der Waals surface area contributed by atoms with Crippen LogP contribution in [0.5, 0.6) is 11.5 Å². The van der Waals surface area contributed by atoms with Gasteiger partial charge in [-0.2, -0.15) is 0 Å². The Balaban J connectivity index is 0.00000512. The van der Waals surface area contributed by atoms with E-state index in [1.54, 1.807) is 21.2 Å². The van der Waals surface area contributed by atoms with Crippen LogP contribution in [0.2, 0.25) is 0 Å². The van der Waals surface area contributed by atoms with Gasteiger partial charge in [-0.3, -0.25) is 9.69 Å². The Hall–Kier alpha value is -1.79. The molecule has 0 aromatic heterocycles. The smallest absolute Gasteiger partial charge is 0.243 e. The highest BCUT2D eigenvalue weighted by Gasteiger charge is 2.11. The molecule has 182 valence electrons. The second-order valence-electron chi connectivity index (χ2n) is 7.68. The molecule has 2 N–H and O–H groups in total. The normalized spacial score (nSPS) is 15.3. The second kappa shape index (κ2) is 15.9. The first-order chi connectivity index (χ1) is 15.0. The fourth-order valence-electron chi connectivity index (χ4n) is 2.99. The number of hydrogen-bond donors (Lipinski definition) is 2. The number of likely N-dealkylation sites (N-methyl/N-ethyl adjacent to an activating group) is 1. The van der Waals surface area contributed by atoms with Gasteiger partial charge in [-0.25, -0.2) is 4.99 Å². The van der Waals surface area contributed by atoms with Crippen molar-refractivity contribution in [3.63, 3.8) is 0 Å². The summed E-state index contributed by atoms with van der Waals surface area (Å²) < 4.78 is 16.6. The molecule has 1 saturated heterocycles. The summed E-state index contributed by atoms with van der Waals surface area (Å²) in [6.07, 6.45) is 0.884. The van der Waals surface area contributed by atoms with Gasteiger partial charge in [0.05, 0.1) is 26.9 Å². The molecule has 1 unspecified atom stereocenters. The zero-order valence-electron chi connectivity index (χ0n) is 19.6. The molecule has 0 radical (unpaired) electrons. The van der Waals surface area contributed by atoms with E-state index in [2.05, 4.69) is 20.5 Å². The SMILES string of the molecule is COc1cccc(OC(C)CNC(=NCC(=O)N(C)C)NCCCN2CCOCC2)c1.I. The van der Waals surface area contributed by atoms with Crippen LogP contribution in [0, 0.1) is 0 Å². The number of amides is 1. The Kier molecular flexibility index (Phi) is 14.1. The van der Waals surface area contributed by atoms with Crippen molar-refractivity contribution in [1.82, 2.24) is 20.4 Å². The molecule has 1 aromatic rings. The number of aliphatic imine (C=N–C) groups is 1. The van der Waals surface area contributed by atoms with Gasteiger partial charge < -0.3 is 29.7 Å². The number of carbonyl (C=O) groups is 1. The highest BCUT2D eigenvalue weighted by molar-refractivity contribution is 14.0. The number of halogens is 1. The van der Waals surface area contributed by atoms with E-state index >= 15 is 0 Å². The van der Waals surface area contributed by atoms with Crippen LogP contribution in [0.25, 0.3) is 0 Å². The zero-order valence-corrected chi connectivity index (χ0v) is 22.0. The van der Waals surface area contributed by atoms with Crippen molar-refractivity contribution in [3.8, 4) is 11.5 Å². The number of hydrogen-bond acceptors (Lipinski definition) is 6. The predicted molar refractivity (Wildman–Crippen MR) is 137 cm³/mol. The molecule has 1 aliphatic rings. The van der Waals surface area contributed by atoms with Gasteiger partial charge in [-0.15, -0.1) is 24.0 Å². The molecule has 2 rings (SSSR count). The predicted octanol–water partition coefficient (Wildman–Crippen LogP) is 1.43. The van der Waals surface area contributed by atoms with Gasteiger partial charge in [-0.05, 0) is 32.0 Å². The summed E-state index contributed by atoms with van der Waals surface area (Å²) in [6, 6.07) is 7.52. The molecule has 9 nitrogen and oxygen atoms in total. The molecular formula is C22H38IN5O4. The first-order valence-electron chi connectivity index (χ1n) is 10.8. The topological polar surface area (TPSA) is 87.7 Å². The van der Waals surface area contributed by atoms with Crippen LogP contribution >= 0.6 is 24.0 Å². The summed E-state index contributed by atoms with van der Waals surface area (Å²) in [5.41, 5.74) is 0. The van der Waals surface area contributed by atoms with Crippen molar-refractivity contribution in [1.29, 1.82) is 0 Å². The van der Waals surface area contributed by atoms with Gasteiger partial charge in [-0.1, -0.05) is 6.07 Å². The monoisotopic (exact) mass is 563 g/mol. The van der Waals surface area contributed by atoms with Gasteiger partial charge in [0.15, 0.2) is 5.96 Å². The zero-order chi connectivity index (χ0) is 22.5. The lowest BCUT2D eigenvalue weighted by Gasteiger charge is -2.26. The number of nitrogens with zero attached hydrogens (tertiary/aromatic N) is 3. The van der Waals surface area contributed by atoms with Gasteiger partial charge in [0, 0.05) is 39.8 Å². The average molecular weight is 563 g/mol. The number of carbonyl (C=O) groups excluding carboxylic acids is 1. The van der Waals surface area contributed by atoms with Crippen LogP contribution in [0.1, 0.15) is 13.3 Å².